The van der Waals surface area contributed by atoms with Crippen LogP contribution in [0.15, 0.2) is 59.6 Å². The Morgan fingerprint density at radius 2 is 1.77 bits per heavy atom. The maximum absolute atomic E-state index is 12.8. The van der Waals surface area contributed by atoms with E-state index >= 15 is 0 Å². The van der Waals surface area contributed by atoms with Gasteiger partial charge in [0.1, 0.15) is 11.6 Å². The van der Waals surface area contributed by atoms with Crippen LogP contribution in [0.25, 0.3) is 0 Å². The predicted octanol–water partition coefficient (Wildman–Crippen LogP) is 4.93. The fraction of sp³-hybridized carbons (Fsp3) is 0.333. The van der Waals surface area contributed by atoms with Crippen molar-refractivity contribution in [1.82, 2.24) is 0 Å². The quantitative estimate of drug-likeness (QED) is 0.648. The van der Waals surface area contributed by atoms with Gasteiger partial charge in [-0.25, -0.2) is 0 Å². The van der Waals surface area contributed by atoms with Crippen molar-refractivity contribution < 1.29 is 9.53 Å². The number of ketones is 1. The molecule has 0 fully saturated rings. The monoisotopic (exact) mass is 416 g/mol. The van der Waals surface area contributed by atoms with Crippen molar-refractivity contribution in [2.24, 2.45) is 4.99 Å². The van der Waals surface area contributed by atoms with E-state index in [0.717, 1.165) is 48.6 Å². The van der Waals surface area contributed by atoms with Crippen molar-refractivity contribution in [1.29, 1.82) is 0 Å². The van der Waals surface area contributed by atoms with E-state index in [2.05, 4.69) is 0 Å². The number of rotatable bonds is 5. The molecular formula is C21H25BrN2O2. The maximum atomic E-state index is 12.8. The van der Waals surface area contributed by atoms with Crippen LogP contribution in [0.4, 0.5) is 5.69 Å². The Bertz CT molecular complexity index is 747. The first-order valence-electron chi connectivity index (χ1n) is 8.81. The Hall–Kier alpha value is -2.14. The topological polar surface area (TPSA) is 41.9 Å². The van der Waals surface area contributed by atoms with E-state index in [-0.39, 0.29) is 29.3 Å². The molecule has 0 aliphatic carbocycles. The highest BCUT2D eigenvalue weighted by molar-refractivity contribution is 8.93. The van der Waals surface area contributed by atoms with Crippen LogP contribution in [-0.2, 0) is 0 Å². The first kappa shape index (κ1) is 20.2. The highest BCUT2D eigenvalue weighted by atomic mass is 79.9. The number of carbonyl (C=O) groups excluding carboxylic acids is 1. The zero-order valence-electron chi connectivity index (χ0n) is 15.1. The molecule has 0 amide bonds. The lowest BCUT2D eigenvalue weighted by Gasteiger charge is -2.27. The van der Waals surface area contributed by atoms with Gasteiger partial charge in [0, 0.05) is 18.5 Å². The zero-order valence-corrected chi connectivity index (χ0v) is 16.8. The third-order valence-corrected chi connectivity index (χ3v) is 4.44. The van der Waals surface area contributed by atoms with Gasteiger partial charge in [-0.15, -0.1) is 17.0 Å². The van der Waals surface area contributed by atoms with Crippen molar-refractivity contribution in [3.8, 4) is 5.75 Å². The van der Waals surface area contributed by atoms with Crippen LogP contribution in [0.2, 0.25) is 0 Å². The first-order chi connectivity index (χ1) is 12.3. The minimum atomic E-state index is 0. The van der Waals surface area contributed by atoms with Crippen molar-refractivity contribution in [2.75, 3.05) is 25.1 Å². The average Bonchev–Trinajstić information content (AvgIpc) is 2.96. The molecule has 1 aliphatic heterocycles. The van der Waals surface area contributed by atoms with Gasteiger partial charge in [0.05, 0.1) is 19.3 Å². The lowest BCUT2D eigenvalue weighted by atomic mass is 10.1. The van der Waals surface area contributed by atoms with Crippen LogP contribution >= 0.6 is 17.0 Å². The van der Waals surface area contributed by atoms with Crippen LogP contribution in [0.3, 0.4) is 0 Å². The van der Waals surface area contributed by atoms with Crippen LogP contribution in [0, 0.1) is 0 Å². The molecule has 4 nitrogen and oxygen atoms in total. The van der Waals surface area contributed by atoms with E-state index in [9.17, 15) is 4.79 Å². The largest absolute Gasteiger partial charge is 0.495 e. The van der Waals surface area contributed by atoms with E-state index in [1.54, 1.807) is 7.11 Å². The molecule has 0 atom stereocenters. The predicted molar refractivity (Wildman–Crippen MR) is 112 cm³/mol. The molecule has 0 N–H and O–H groups in total. The van der Waals surface area contributed by atoms with Crippen molar-refractivity contribution in [3.05, 3.63) is 60.2 Å². The second kappa shape index (κ2) is 10.1. The third kappa shape index (κ3) is 4.94. The Labute approximate surface area is 165 Å². The van der Waals surface area contributed by atoms with Gasteiger partial charge in [0.15, 0.2) is 5.78 Å². The molecule has 2 aromatic carbocycles. The third-order valence-electron chi connectivity index (χ3n) is 4.44. The fourth-order valence-electron chi connectivity index (χ4n) is 3.11. The highest BCUT2D eigenvalue weighted by Gasteiger charge is 2.21. The lowest BCUT2D eigenvalue weighted by Crippen LogP contribution is -2.36. The second-order valence-electron chi connectivity index (χ2n) is 6.16. The Morgan fingerprint density at radius 1 is 1.04 bits per heavy atom. The van der Waals surface area contributed by atoms with Crippen molar-refractivity contribution >= 4 is 34.3 Å². The average molecular weight is 417 g/mol. The summed E-state index contributed by atoms with van der Waals surface area (Å²) in [6.45, 7) is 1.09. The molecule has 3 rings (SSSR count). The number of ether oxygens (including phenoxy) is 1. The zero-order chi connectivity index (χ0) is 17.5. The summed E-state index contributed by atoms with van der Waals surface area (Å²) in [4.78, 5) is 19.6. The van der Waals surface area contributed by atoms with Gasteiger partial charge in [-0.2, -0.15) is 0 Å². The molecule has 2 aromatic rings. The molecule has 5 heteroatoms. The fourth-order valence-corrected chi connectivity index (χ4v) is 3.11. The molecule has 0 unspecified atom stereocenters. The van der Waals surface area contributed by atoms with Crippen molar-refractivity contribution in [3.63, 3.8) is 0 Å². The molecule has 0 bridgehead atoms. The number of benzene rings is 2. The minimum absolute atomic E-state index is 0. The number of Topliss-reactive ketones (excluding diaryl/α,β-unsaturated/α-hetero) is 1. The van der Waals surface area contributed by atoms with E-state index in [0.29, 0.717) is 0 Å². The van der Waals surface area contributed by atoms with Crippen LogP contribution in [0.5, 0.6) is 5.75 Å². The summed E-state index contributed by atoms with van der Waals surface area (Å²) in [7, 11) is 1.66. The van der Waals surface area contributed by atoms with Crippen LogP contribution in [0.1, 0.15) is 36.0 Å². The lowest BCUT2D eigenvalue weighted by molar-refractivity contribution is 0.100. The van der Waals surface area contributed by atoms with Gasteiger partial charge in [0.25, 0.3) is 0 Å². The van der Waals surface area contributed by atoms with Gasteiger partial charge in [-0.3, -0.25) is 9.79 Å². The summed E-state index contributed by atoms with van der Waals surface area (Å²) in [5.74, 6) is 1.82. The van der Waals surface area contributed by atoms with Crippen LogP contribution in [-0.4, -0.2) is 31.8 Å². The number of aliphatic imine (C=N–C) groups is 1. The summed E-state index contributed by atoms with van der Waals surface area (Å²) >= 11 is 0. The Morgan fingerprint density at radius 3 is 2.54 bits per heavy atom. The number of carbonyl (C=O) groups is 1. The van der Waals surface area contributed by atoms with E-state index < -0.39 is 0 Å². The number of halogens is 1. The van der Waals surface area contributed by atoms with E-state index in [1.165, 1.54) is 6.42 Å². The smallest absolute Gasteiger partial charge is 0.182 e. The summed E-state index contributed by atoms with van der Waals surface area (Å²) in [5.41, 5.74) is 1.62. The maximum Gasteiger partial charge on any atom is 0.182 e. The molecule has 1 aliphatic rings. The normalized spacial score (nSPS) is 13.8. The SMILES string of the molecule is Br.COc1ccccc1N(CC(=O)c1ccccc1)C1=NCCCCC1. The van der Waals surface area contributed by atoms with Crippen molar-refractivity contribution in [2.45, 2.75) is 25.7 Å². The summed E-state index contributed by atoms with van der Waals surface area (Å²) in [6, 6.07) is 17.2. The number of para-hydroxylation sites is 2. The van der Waals surface area contributed by atoms with Gasteiger partial charge in [-0.1, -0.05) is 48.9 Å². The summed E-state index contributed by atoms with van der Waals surface area (Å²) < 4.78 is 5.53. The molecule has 0 aromatic heterocycles. The second-order valence-corrected chi connectivity index (χ2v) is 6.16. The minimum Gasteiger partial charge on any atom is -0.495 e. The summed E-state index contributed by atoms with van der Waals surface area (Å²) in [6.07, 6.45) is 4.28. The molecule has 138 valence electrons. The molecular weight excluding hydrogens is 392 g/mol. The van der Waals surface area contributed by atoms with Crippen LogP contribution < -0.4 is 9.64 Å². The molecule has 0 spiro atoms. The standard InChI is InChI=1S/C21H24N2O2.BrH/c1-25-20-13-8-7-12-18(20)23(21-14-6-3-9-15-22-21)16-19(24)17-10-4-2-5-11-17;/h2,4-5,7-8,10-13H,3,6,9,14-16H2,1H3;1H. The number of methoxy groups -OCH3 is 1. The van der Waals surface area contributed by atoms with Gasteiger partial charge < -0.3 is 9.64 Å². The van der Waals surface area contributed by atoms with Gasteiger partial charge >= 0.3 is 0 Å². The summed E-state index contributed by atoms with van der Waals surface area (Å²) in [5, 5.41) is 0. The molecule has 26 heavy (non-hydrogen) atoms. The van der Waals surface area contributed by atoms with Gasteiger partial charge in [0.2, 0.25) is 0 Å². The van der Waals surface area contributed by atoms with Gasteiger partial charge in [-0.05, 0) is 25.0 Å². The highest BCUT2D eigenvalue weighted by Crippen LogP contribution is 2.29. The number of hydrogen-bond donors (Lipinski definition) is 0. The number of hydrogen-bond acceptors (Lipinski definition) is 4. The Balaban J connectivity index is 0.00000243. The number of nitrogens with zero attached hydrogens (tertiary/aromatic N) is 2. The molecule has 0 radical (unpaired) electrons. The Kier molecular flexibility index (Phi) is 7.85. The molecule has 0 saturated heterocycles. The van der Waals surface area contributed by atoms with E-state index in [1.807, 2.05) is 59.5 Å². The first-order valence-corrected chi connectivity index (χ1v) is 8.81. The molecule has 0 saturated carbocycles. The number of amidine groups is 1. The molecule has 1 heterocycles. The van der Waals surface area contributed by atoms with E-state index in [4.69, 9.17) is 9.73 Å². The number of anilines is 1.